The van der Waals surface area contributed by atoms with E-state index >= 15 is 0 Å². The fourth-order valence-electron chi connectivity index (χ4n) is 4.60. The number of benzene rings is 3. The quantitative estimate of drug-likeness (QED) is 0.276. The van der Waals surface area contributed by atoms with Gasteiger partial charge in [-0.05, 0) is 59.9 Å². The van der Waals surface area contributed by atoms with Gasteiger partial charge in [0.2, 0.25) is 5.91 Å². The van der Waals surface area contributed by atoms with Crippen molar-refractivity contribution in [1.29, 1.82) is 0 Å². The third kappa shape index (κ3) is 8.34. The van der Waals surface area contributed by atoms with Crippen molar-refractivity contribution in [2.45, 2.75) is 51.3 Å². The maximum Gasteiger partial charge on any atom is 0.220 e. The van der Waals surface area contributed by atoms with Gasteiger partial charge in [-0.15, -0.1) is 0 Å². The van der Waals surface area contributed by atoms with E-state index < -0.39 is 29.7 Å². The molecule has 0 spiro atoms. The van der Waals surface area contributed by atoms with E-state index in [9.17, 15) is 23.5 Å². The number of aliphatic hydroxyl groups is 1. The molecule has 0 radical (unpaired) electrons. The van der Waals surface area contributed by atoms with Crippen molar-refractivity contribution in [3.05, 3.63) is 94.6 Å². The van der Waals surface area contributed by atoms with E-state index in [2.05, 4.69) is 23.6 Å². The summed E-state index contributed by atoms with van der Waals surface area (Å²) in [6, 6.07) is 15.2. The lowest BCUT2D eigenvalue weighted by Gasteiger charge is -2.25. The molecule has 4 rings (SSSR count). The van der Waals surface area contributed by atoms with Gasteiger partial charge in [0, 0.05) is 37.6 Å². The summed E-state index contributed by atoms with van der Waals surface area (Å²) < 4.78 is 38.6. The van der Waals surface area contributed by atoms with Gasteiger partial charge in [0.25, 0.3) is 0 Å². The van der Waals surface area contributed by atoms with Gasteiger partial charge in [0.1, 0.15) is 24.8 Å². The summed E-state index contributed by atoms with van der Waals surface area (Å²) in [5.74, 6) is -1.13. The third-order valence-corrected chi connectivity index (χ3v) is 6.71. The summed E-state index contributed by atoms with van der Waals surface area (Å²) in [6.07, 6.45) is -0.324. The number of rotatable bonds is 13. The van der Waals surface area contributed by atoms with E-state index in [1.54, 1.807) is 18.2 Å². The Morgan fingerprint density at radius 2 is 1.62 bits per heavy atom. The van der Waals surface area contributed by atoms with Gasteiger partial charge >= 0.3 is 0 Å². The van der Waals surface area contributed by atoms with E-state index in [0.29, 0.717) is 42.4 Å². The summed E-state index contributed by atoms with van der Waals surface area (Å²) in [7, 11) is 0. The molecular weight excluding hydrogens is 518 g/mol. The standard InChI is InChI=1S/C31H34F2N2O5/c1-2-20-4-3-5-21(12-20)18-34-19-28(37)26(15-22-13-24(32)17-25(33)14-22)35-31(38)9-7-27(36)23-6-8-29-30(16-23)40-11-10-39-29/h3-6,8,12-14,16-17,26,28,34,37H,2,7,9-11,15,18-19H2,1H3,(H,35,38)/t26-,28-/m0/s1. The fourth-order valence-corrected chi connectivity index (χ4v) is 4.60. The Bertz CT molecular complexity index is 1310. The van der Waals surface area contributed by atoms with Crippen LogP contribution >= 0.6 is 0 Å². The van der Waals surface area contributed by atoms with Gasteiger partial charge < -0.3 is 25.2 Å². The first-order chi connectivity index (χ1) is 19.3. The number of fused-ring (bicyclic) bond motifs is 1. The predicted octanol–water partition coefficient (Wildman–Crippen LogP) is 4.14. The molecule has 212 valence electrons. The van der Waals surface area contributed by atoms with Crippen molar-refractivity contribution in [1.82, 2.24) is 10.6 Å². The molecule has 0 fully saturated rings. The summed E-state index contributed by atoms with van der Waals surface area (Å²) in [5, 5.41) is 16.9. The summed E-state index contributed by atoms with van der Waals surface area (Å²) >= 11 is 0. The zero-order valence-corrected chi connectivity index (χ0v) is 22.4. The van der Waals surface area contributed by atoms with Crippen LogP contribution in [-0.4, -0.2) is 48.7 Å². The van der Waals surface area contributed by atoms with Crippen molar-refractivity contribution in [2.75, 3.05) is 19.8 Å². The van der Waals surface area contributed by atoms with Crippen LogP contribution in [0.3, 0.4) is 0 Å². The minimum absolute atomic E-state index is 0.00466. The molecule has 0 bridgehead atoms. The van der Waals surface area contributed by atoms with E-state index in [1.165, 1.54) is 17.7 Å². The molecule has 0 saturated heterocycles. The maximum absolute atomic E-state index is 13.8. The van der Waals surface area contributed by atoms with Crippen molar-refractivity contribution in [3.63, 3.8) is 0 Å². The number of nitrogens with one attached hydrogen (secondary N) is 2. The normalized spacial score (nSPS) is 13.9. The smallest absolute Gasteiger partial charge is 0.220 e. The van der Waals surface area contributed by atoms with Gasteiger partial charge in [0.05, 0.1) is 12.1 Å². The highest BCUT2D eigenvalue weighted by atomic mass is 19.1. The number of halogens is 2. The highest BCUT2D eigenvalue weighted by molar-refractivity contribution is 5.98. The van der Waals surface area contributed by atoms with Gasteiger partial charge in [-0.1, -0.05) is 31.2 Å². The molecule has 3 aromatic carbocycles. The summed E-state index contributed by atoms with van der Waals surface area (Å²) in [4.78, 5) is 25.6. The highest BCUT2D eigenvalue weighted by Gasteiger charge is 2.23. The molecule has 40 heavy (non-hydrogen) atoms. The lowest BCUT2D eigenvalue weighted by atomic mass is 9.99. The van der Waals surface area contributed by atoms with Crippen LogP contribution in [0.5, 0.6) is 11.5 Å². The first-order valence-corrected chi connectivity index (χ1v) is 13.4. The molecule has 1 heterocycles. The topological polar surface area (TPSA) is 96.9 Å². The fraction of sp³-hybridized carbons (Fsp3) is 0.355. The van der Waals surface area contributed by atoms with Gasteiger partial charge in [-0.2, -0.15) is 0 Å². The lowest BCUT2D eigenvalue weighted by Crippen LogP contribution is -2.48. The molecule has 2 atom stereocenters. The maximum atomic E-state index is 13.8. The first-order valence-electron chi connectivity index (χ1n) is 13.4. The number of amides is 1. The van der Waals surface area contributed by atoms with Crippen molar-refractivity contribution in [3.8, 4) is 11.5 Å². The second kappa shape index (κ2) is 14.0. The average molecular weight is 553 g/mol. The number of aliphatic hydroxyl groups excluding tert-OH is 1. The zero-order chi connectivity index (χ0) is 28.5. The molecule has 9 heteroatoms. The molecule has 1 aliphatic heterocycles. The summed E-state index contributed by atoms with van der Waals surface area (Å²) in [5.41, 5.74) is 2.95. The van der Waals surface area contributed by atoms with Crippen LogP contribution in [0.25, 0.3) is 0 Å². The van der Waals surface area contributed by atoms with Crippen molar-refractivity contribution >= 4 is 11.7 Å². The largest absolute Gasteiger partial charge is 0.486 e. The van der Waals surface area contributed by atoms with Gasteiger partial charge in [-0.3, -0.25) is 9.59 Å². The number of hydrogen-bond donors (Lipinski definition) is 3. The number of ether oxygens (including phenoxy) is 2. The Morgan fingerprint density at radius 3 is 2.38 bits per heavy atom. The van der Waals surface area contributed by atoms with E-state index in [1.807, 2.05) is 18.2 Å². The predicted molar refractivity (Wildman–Crippen MR) is 147 cm³/mol. The molecular formula is C31H34F2N2O5. The van der Waals surface area contributed by atoms with E-state index in [4.69, 9.17) is 9.47 Å². The van der Waals surface area contributed by atoms with Crippen LogP contribution in [-0.2, 0) is 24.2 Å². The van der Waals surface area contributed by atoms with Crippen LogP contribution < -0.4 is 20.1 Å². The molecule has 0 saturated carbocycles. The molecule has 3 aromatic rings. The molecule has 0 unspecified atom stereocenters. The minimum Gasteiger partial charge on any atom is -0.486 e. The Morgan fingerprint density at radius 1 is 0.900 bits per heavy atom. The Balaban J connectivity index is 1.36. The Kier molecular flexibility index (Phi) is 10.2. The molecule has 1 aliphatic rings. The number of carbonyl (C=O) groups excluding carboxylic acids is 2. The second-order valence-corrected chi connectivity index (χ2v) is 9.81. The summed E-state index contributed by atoms with van der Waals surface area (Å²) in [6.45, 7) is 3.55. The van der Waals surface area contributed by atoms with Gasteiger partial charge in [0.15, 0.2) is 17.3 Å². The monoisotopic (exact) mass is 552 g/mol. The van der Waals surface area contributed by atoms with E-state index in [-0.39, 0.29) is 31.6 Å². The zero-order valence-electron chi connectivity index (χ0n) is 22.4. The SMILES string of the molecule is CCc1cccc(CNC[C@H](O)[C@H](Cc2cc(F)cc(F)c2)NC(=O)CCC(=O)c2ccc3c(c2)OCCO3)c1. The molecule has 0 aromatic heterocycles. The Labute approximate surface area is 232 Å². The minimum atomic E-state index is -1.06. The van der Waals surface area contributed by atoms with Gasteiger partial charge in [-0.25, -0.2) is 8.78 Å². The van der Waals surface area contributed by atoms with E-state index in [0.717, 1.165) is 18.1 Å². The number of aryl methyl sites for hydroxylation is 1. The van der Waals surface area contributed by atoms with Crippen LogP contribution in [0, 0.1) is 11.6 Å². The second-order valence-electron chi connectivity index (χ2n) is 9.81. The molecule has 7 nitrogen and oxygen atoms in total. The molecule has 1 amide bonds. The van der Waals surface area contributed by atoms with Crippen molar-refractivity contribution in [2.24, 2.45) is 0 Å². The third-order valence-electron chi connectivity index (χ3n) is 6.71. The number of carbonyl (C=O) groups is 2. The van der Waals surface area contributed by atoms with Crippen LogP contribution in [0.15, 0.2) is 60.7 Å². The number of ketones is 1. The van der Waals surface area contributed by atoms with Crippen molar-refractivity contribution < 1.29 is 33.0 Å². The van der Waals surface area contributed by atoms with Crippen LogP contribution in [0.1, 0.15) is 46.8 Å². The Hall–Kier alpha value is -3.82. The first kappa shape index (κ1) is 29.2. The molecule has 3 N–H and O–H groups in total. The van der Waals surface area contributed by atoms with Crippen LogP contribution in [0.4, 0.5) is 8.78 Å². The number of Topliss-reactive ketones (excluding diaryl/α,β-unsaturated/α-hetero) is 1. The van der Waals surface area contributed by atoms with Crippen LogP contribution in [0.2, 0.25) is 0 Å². The lowest BCUT2D eigenvalue weighted by molar-refractivity contribution is -0.122. The molecule has 0 aliphatic carbocycles. The number of hydrogen-bond acceptors (Lipinski definition) is 6. The average Bonchev–Trinajstić information content (AvgIpc) is 2.94. The highest BCUT2D eigenvalue weighted by Crippen LogP contribution is 2.31.